The van der Waals surface area contributed by atoms with Crippen LogP contribution in [0.1, 0.15) is 0 Å². The summed E-state index contributed by atoms with van der Waals surface area (Å²) in [5, 5.41) is 7.36. The number of rotatable bonds is 4. The SMILES string of the molecule is O=C(CNC(=O)Nc1ccccc1Br)Nc1ccccc1F. The Morgan fingerprint density at radius 3 is 2.27 bits per heavy atom. The van der Waals surface area contributed by atoms with E-state index >= 15 is 0 Å². The highest BCUT2D eigenvalue weighted by Crippen LogP contribution is 2.20. The number of carbonyl (C=O) groups is 2. The highest BCUT2D eigenvalue weighted by Gasteiger charge is 2.09. The molecule has 0 aliphatic rings. The molecule has 0 aliphatic carbocycles. The van der Waals surface area contributed by atoms with Crippen LogP contribution in [0.15, 0.2) is 53.0 Å². The smallest absolute Gasteiger partial charge is 0.319 e. The molecule has 22 heavy (non-hydrogen) atoms. The highest BCUT2D eigenvalue weighted by molar-refractivity contribution is 9.10. The summed E-state index contributed by atoms with van der Waals surface area (Å²) >= 11 is 3.29. The first kappa shape index (κ1) is 16.0. The highest BCUT2D eigenvalue weighted by atomic mass is 79.9. The standard InChI is InChI=1S/C15H13BrFN3O2/c16-10-5-1-3-7-12(10)20-15(22)18-9-14(21)19-13-8-4-2-6-11(13)17/h1-8H,9H2,(H,19,21)(H2,18,20,22). The number of benzene rings is 2. The van der Waals surface area contributed by atoms with Crippen molar-refractivity contribution in [2.24, 2.45) is 0 Å². The maximum absolute atomic E-state index is 13.4. The third-order valence-corrected chi connectivity index (χ3v) is 3.37. The molecule has 3 N–H and O–H groups in total. The van der Waals surface area contributed by atoms with Gasteiger partial charge in [-0.15, -0.1) is 0 Å². The third kappa shape index (κ3) is 4.56. The van der Waals surface area contributed by atoms with E-state index < -0.39 is 17.8 Å². The van der Waals surface area contributed by atoms with Gasteiger partial charge in [-0.25, -0.2) is 9.18 Å². The van der Waals surface area contributed by atoms with E-state index in [0.717, 1.165) is 4.47 Å². The van der Waals surface area contributed by atoms with Crippen molar-refractivity contribution in [2.75, 3.05) is 17.2 Å². The van der Waals surface area contributed by atoms with Crippen LogP contribution in [0.3, 0.4) is 0 Å². The van der Waals surface area contributed by atoms with Crippen molar-refractivity contribution in [2.45, 2.75) is 0 Å². The van der Waals surface area contributed by atoms with Crippen LogP contribution in [-0.4, -0.2) is 18.5 Å². The minimum atomic E-state index is -0.534. The van der Waals surface area contributed by atoms with Gasteiger partial charge in [0.2, 0.25) is 5.91 Å². The lowest BCUT2D eigenvalue weighted by molar-refractivity contribution is -0.115. The van der Waals surface area contributed by atoms with Crippen LogP contribution in [0, 0.1) is 5.82 Å². The Kier molecular flexibility index (Phi) is 5.48. The summed E-state index contributed by atoms with van der Waals surface area (Å²) in [6.07, 6.45) is 0. The second-order valence-corrected chi connectivity index (χ2v) is 5.17. The van der Waals surface area contributed by atoms with Gasteiger partial charge in [0.1, 0.15) is 5.82 Å². The normalized spacial score (nSPS) is 9.91. The predicted octanol–water partition coefficient (Wildman–Crippen LogP) is 3.35. The molecule has 5 nitrogen and oxygen atoms in total. The van der Waals surface area contributed by atoms with Crippen molar-refractivity contribution in [3.05, 3.63) is 58.8 Å². The number of hydrogen-bond donors (Lipinski definition) is 3. The summed E-state index contributed by atoms with van der Waals surface area (Å²) in [6, 6.07) is 12.3. The fourth-order valence-electron chi connectivity index (χ4n) is 1.65. The van der Waals surface area contributed by atoms with Crippen molar-refractivity contribution in [1.29, 1.82) is 0 Å². The van der Waals surface area contributed by atoms with Crippen LogP contribution in [0.25, 0.3) is 0 Å². The number of carbonyl (C=O) groups excluding carboxylic acids is 2. The molecule has 0 unspecified atom stereocenters. The van der Waals surface area contributed by atoms with Crippen LogP contribution in [0.4, 0.5) is 20.6 Å². The molecular weight excluding hydrogens is 353 g/mol. The fourth-order valence-corrected chi connectivity index (χ4v) is 2.03. The first-order valence-corrected chi connectivity index (χ1v) is 7.19. The molecule has 2 aromatic rings. The van der Waals surface area contributed by atoms with Crippen molar-refractivity contribution in [3.8, 4) is 0 Å². The van der Waals surface area contributed by atoms with Crippen LogP contribution in [0.5, 0.6) is 0 Å². The van der Waals surface area contributed by atoms with Crippen LogP contribution in [-0.2, 0) is 4.79 Å². The van der Waals surface area contributed by atoms with E-state index in [9.17, 15) is 14.0 Å². The molecule has 2 rings (SSSR count). The van der Waals surface area contributed by atoms with Crippen molar-refractivity contribution >= 4 is 39.2 Å². The molecule has 0 atom stereocenters. The van der Waals surface area contributed by atoms with E-state index in [4.69, 9.17) is 0 Å². The summed E-state index contributed by atoms with van der Waals surface area (Å²) in [7, 11) is 0. The third-order valence-electron chi connectivity index (χ3n) is 2.68. The number of nitrogens with one attached hydrogen (secondary N) is 3. The fraction of sp³-hybridized carbons (Fsp3) is 0.0667. The molecule has 0 bridgehead atoms. The quantitative estimate of drug-likeness (QED) is 0.777. The Bertz CT molecular complexity index is 634. The van der Waals surface area contributed by atoms with Crippen LogP contribution < -0.4 is 16.0 Å². The van der Waals surface area contributed by atoms with Gasteiger partial charge in [-0.3, -0.25) is 4.79 Å². The average molecular weight is 366 g/mol. The second kappa shape index (κ2) is 7.56. The van der Waals surface area contributed by atoms with Crippen molar-refractivity contribution in [3.63, 3.8) is 0 Å². The molecular formula is C15H13BrFN3O2. The van der Waals surface area contributed by atoms with Gasteiger partial charge in [0.15, 0.2) is 0 Å². The summed E-state index contributed by atoms with van der Waals surface area (Å²) in [4.78, 5) is 23.4. The average Bonchev–Trinajstić information content (AvgIpc) is 2.50. The second-order valence-electron chi connectivity index (χ2n) is 4.32. The minimum Gasteiger partial charge on any atom is -0.329 e. The van der Waals surface area contributed by atoms with Crippen LogP contribution in [0.2, 0.25) is 0 Å². The number of para-hydroxylation sites is 2. The Balaban J connectivity index is 1.82. The molecule has 0 heterocycles. The molecule has 0 aromatic heterocycles. The Labute approximate surface area is 135 Å². The zero-order chi connectivity index (χ0) is 15.9. The molecule has 7 heteroatoms. The molecule has 0 radical (unpaired) electrons. The van der Waals surface area contributed by atoms with Gasteiger partial charge < -0.3 is 16.0 Å². The molecule has 2 aromatic carbocycles. The van der Waals surface area contributed by atoms with Gasteiger partial charge in [0.05, 0.1) is 17.9 Å². The van der Waals surface area contributed by atoms with Gasteiger partial charge in [0, 0.05) is 4.47 Å². The summed E-state index contributed by atoms with van der Waals surface area (Å²) in [6.45, 7) is -0.273. The van der Waals surface area contributed by atoms with Gasteiger partial charge in [-0.05, 0) is 40.2 Å². The summed E-state index contributed by atoms with van der Waals surface area (Å²) in [5.74, 6) is -1.05. The lowest BCUT2D eigenvalue weighted by atomic mass is 10.3. The first-order chi connectivity index (χ1) is 10.6. The Hall–Kier alpha value is -2.41. The topological polar surface area (TPSA) is 70.2 Å². The monoisotopic (exact) mass is 365 g/mol. The Morgan fingerprint density at radius 2 is 1.59 bits per heavy atom. The van der Waals surface area contributed by atoms with E-state index in [2.05, 4.69) is 31.9 Å². The lowest BCUT2D eigenvalue weighted by Gasteiger charge is -2.09. The molecule has 0 aliphatic heterocycles. The zero-order valence-corrected chi connectivity index (χ0v) is 13.0. The molecule has 0 fully saturated rings. The van der Waals surface area contributed by atoms with Gasteiger partial charge in [-0.1, -0.05) is 24.3 Å². The van der Waals surface area contributed by atoms with Gasteiger partial charge in [-0.2, -0.15) is 0 Å². The van der Waals surface area contributed by atoms with E-state index in [0.29, 0.717) is 5.69 Å². The van der Waals surface area contributed by atoms with Gasteiger partial charge >= 0.3 is 6.03 Å². The van der Waals surface area contributed by atoms with E-state index in [1.165, 1.54) is 18.2 Å². The Morgan fingerprint density at radius 1 is 0.955 bits per heavy atom. The predicted molar refractivity (Wildman–Crippen MR) is 86.2 cm³/mol. The largest absolute Gasteiger partial charge is 0.329 e. The van der Waals surface area contributed by atoms with E-state index in [1.54, 1.807) is 24.3 Å². The maximum atomic E-state index is 13.4. The molecule has 114 valence electrons. The number of halogens is 2. The minimum absolute atomic E-state index is 0.0699. The number of amides is 3. The summed E-state index contributed by atoms with van der Waals surface area (Å²) in [5.41, 5.74) is 0.648. The first-order valence-electron chi connectivity index (χ1n) is 6.40. The molecule has 3 amide bonds. The van der Waals surface area contributed by atoms with E-state index in [1.807, 2.05) is 6.07 Å². The van der Waals surface area contributed by atoms with Gasteiger partial charge in [0.25, 0.3) is 0 Å². The van der Waals surface area contributed by atoms with E-state index in [-0.39, 0.29) is 12.2 Å². The molecule has 0 spiro atoms. The molecule has 0 saturated carbocycles. The number of urea groups is 1. The van der Waals surface area contributed by atoms with Crippen molar-refractivity contribution < 1.29 is 14.0 Å². The lowest BCUT2D eigenvalue weighted by Crippen LogP contribution is -2.36. The van der Waals surface area contributed by atoms with Crippen molar-refractivity contribution in [1.82, 2.24) is 5.32 Å². The number of hydrogen-bond acceptors (Lipinski definition) is 2. The summed E-state index contributed by atoms with van der Waals surface area (Å²) < 4.78 is 14.1. The molecule has 0 saturated heterocycles. The zero-order valence-electron chi connectivity index (χ0n) is 11.4. The number of anilines is 2. The van der Waals surface area contributed by atoms with Crippen LogP contribution >= 0.6 is 15.9 Å². The maximum Gasteiger partial charge on any atom is 0.319 e.